The summed E-state index contributed by atoms with van der Waals surface area (Å²) >= 11 is 1.25. The molecule has 0 spiro atoms. The molecular weight excluding hydrogens is 412 g/mol. The number of hydrogen-bond donors (Lipinski definition) is 2. The van der Waals surface area contributed by atoms with Crippen LogP contribution in [0.5, 0.6) is 5.75 Å². The van der Waals surface area contributed by atoms with Crippen molar-refractivity contribution in [2.45, 2.75) is 0 Å². The van der Waals surface area contributed by atoms with Crippen molar-refractivity contribution >= 4 is 41.2 Å². The molecule has 0 atom stereocenters. The number of fused-ring (bicyclic) bond motifs is 1. The van der Waals surface area contributed by atoms with E-state index in [1.165, 1.54) is 21.7 Å². The topological polar surface area (TPSA) is 105 Å². The Morgan fingerprint density at radius 1 is 1.19 bits per heavy atom. The molecule has 9 heteroatoms. The van der Waals surface area contributed by atoms with E-state index in [9.17, 15) is 10.1 Å². The number of guanidine groups is 1. The highest BCUT2D eigenvalue weighted by Gasteiger charge is 2.40. The number of rotatable bonds is 4. The molecule has 2 aromatic carbocycles. The zero-order valence-corrected chi connectivity index (χ0v) is 17.6. The number of nitriles is 1. The molecule has 1 amide bonds. The minimum Gasteiger partial charge on any atom is -0.497 e. The number of amidine groups is 1. The van der Waals surface area contributed by atoms with Gasteiger partial charge in [-0.1, -0.05) is 30.3 Å². The van der Waals surface area contributed by atoms with Crippen molar-refractivity contribution in [1.29, 1.82) is 10.7 Å². The van der Waals surface area contributed by atoms with Crippen LogP contribution >= 0.6 is 11.8 Å². The van der Waals surface area contributed by atoms with Crippen molar-refractivity contribution < 1.29 is 9.53 Å². The summed E-state index contributed by atoms with van der Waals surface area (Å²) < 4.78 is 5.17. The molecule has 31 heavy (non-hydrogen) atoms. The van der Waals surface area contributed by atoms with Gasteiger partial charge >= 0.3 is 0 Å². The largest absolute Gasteiger partial charge is 0.497 e. The molecular formula is C22H18N6O2S. The Bertz CT molecular complexity index is 1180. The Morgan fingerprint density at radius 3 is 2.52 bits per heavy atom. The highest BCUT2D eigenvalue weighted by atomic mass is 32.2. The number of nitrogens with one attached hydrogen (secondary N) is 2. The molecule has 2 aliphatic rings. The van der Waals surface area contributed by atoms with Gasteiger partial charge in [0, 0.05) is 0 Å². The Labute approximate surface area is 183 Å². The quantitative estimate of drug-likeness (QED) is 0.721. The van der Waals surface area contributed by atoms with Crippen molar-refractivity contribution in [1.82, 2.24) is 10.4 Å². The molecule has 0 saturated carbocycles. The first-order chi connectivity index (χ1) is 15.1. The summed E-state index contributed by atoms with van der Waals surface area (Å²) in [5.74, 6) is 0.470. The van der Waals surface area contributed by atoms with Crippen LogP contribution in [0.2, 0.25) is 0 Å². The fourth-order valence-electron chi connectivity index (χ4n) is 3.16. The van der Waals surface area contributed by atoms with E-state index in [4.69, 9.17) is 10.1 Å². The number of hydrogen-bond acceptors (Lipinski definition) is 7. The summed E-state index contributed by atoms with van der Waals surface area (Å²) in [6.45, 7) is 0. The predicted molar refractivity (Wildman–Crippen MR) is 121 cm³/mol. The number of hydrazine groups is 1. The van der Waals surface area contributed by atoms with Crippen molar-refractivity contribution in [3.8, 4) is 11.8 Å². The van der Waals surface area contributed by atoms with Crippen LogP contribution in [0.1, 0.15) is 5.56 Å². The average Bonchev–Trinajstić information content (AvgIpc) is 3.02. The number of ether oxygens (including phenoxy) is 1. The van der Waals surface area contributed by atoms with Gasteiger partial charge < -0.3 is 4.74 Å². The first kappa shape index (κ1) is 20.3. The van der Waals surface area contributed by atoms with Crippen molar-refractivity contribution in [2.75, 3.05) is 18.3 Å². The number of carbonyl (C=O) groups is 1. The van der Waals surface area contributed by atoms with Crippen LogP contribution in [-0.4, -0.2) is 36.1 Å². The summed E-state index contributed by atoms with van der Waals surface area (Å²) in [5, 5.41) is 20.1. The van der Waals surface area contributed by atoms with Gasteiger partial charge in [0.25, 0.3) is 5.91 Å². The number of anilines is 1. The van der Waals surface area contributed by atoms with Gasteiger partial charge in [0.1, 0.15) is 28.1 Å². The molecule has 2 aliphatic heterocycles. The van der Waals surface area contributed by atoms with Gasteiger partial charge in [-0.05, 0) is 42.2 Å². The van der Waals surface area contributed by atoms with Crippen LogP contribution in [-0.2, 0) is 4.79 Å². The molecule has 0 unspecified atom stereocenters. The molecule has 2 N–H and O–H groups in total. The normalized spacial score (nSPS) is 17.2. The highest BCUT2D eigenvalue weighted by Crippen LogP contribution is 2.30. The number of benzene rings is 2. The van der Waals surface area contributed by atoms with Crippen LogP contribution < -0.4 is 15.1 Å². The van der Waals surface area contributed by atoms with Gasteiger partial charge in [0.05, 0.1) is 12.8 Å². The van der Waals surface area contributed by atoms with Gasteiger partial charge in [-0.15, -0.1) is 11.8 Å². The summed E-state index contributed by atoms with van der Waals surface area (Å²) in [5.41, 5.74) is 4.71. The first-order valence-electron chi connectivity index (χ1n) is 9.25. The Hall–Kier alpha value is -4.03. The van der Waals surface area contributed by atoms with E-state index in [0.717, 1.165) is 5.56 Å². The van der Waals surface area contributed by atoms with Crippen LogP contribution in [0.3, 0.4) is 0 Å². The Balaban J connectivity index is 1.83. The van der Waals surface area contributed by atoms with Gasteiger partial charge in [0.15, 0.2) is 5.84 Å². The molecule has 4 rings (SSSR count). The number of nitrogens with zero attached hydrogens (tertiary/aromatic N) is 4. The third-order valence-electron chi connectivity index (χ3n) is 4.69. The fourth-order valence-corrected chi connectivity index (χ4v) is 3.69. The molecule has 0 aromatic heterocycles. The van der Waals surface area contributed by atoms with Crippen LogP contribution in [0.25, 0.3) is 6.08 Å². The second-order valence-corrected chi connectivity index (χ2v) is 7.32. The average molecular weight is 430 g/mol. The second-order valence-electron chi connectivity index (χ2n) is 6.51. The Kier molecular flexibility index (Phi) is 5.47. The van der Waals surface area contributed by atoms with Crippen LogP contribution in [0, 0.1) is 16.7 Å². The lowest BCUT2D eigenvalue weighted by Gasteiger charge is -2.26. The summed E-state index contributed by atoms with van der Waals surface area (Å²) in [6, 6.07) is 18.4. The molecule has 154 valence electrons. The van der Waals surface area contributed by atoms with E-state index in [1.807, 2.05) is 30.3 Å². The number of aliphatic imine (C=N–C) groups is 1. The maximum atomic E-state index is 13.2. The monoisotopic (exact) mass is 430 g/mol. The SMILES string of the molecule is COc1ccc(/C=C2\N=C3N(NC(SC)=C(C#N)C(=N)N3c3ccccc3)C2=O)cc1. The zero-order chi connectivity index (χ0) is 22.0. The van der Waals surface area contributed by atoms with Gasteiger partial charge in [-0.3, -0.25) is 20.5 Å². The number of methoxy groups -OCH3 is 1. The molecule has 0 aliphatic carbocycles. The molecule has 2 aromatic rings. The van der Waals surface area contributed by atoms with Crippen LogP contribution in [0.4, 0.5) is 5.69 Å². The summed E-state index contributed by atoms with van der Waals surface area (Å²) in [7, 11) is 1.59. The van der Waals surface area contributed by atoms with Crippen molar-refractivity contribution in [2.24, 2.45) is 4.99 Å². The minimum absolute atomic E-state index is 0.0645. The lowest BCUT2D eigenvalue weighted by Crippen LogP contribution is -2.49. The number of carbonyl (C=O) groups excluding carboxylic acids is 1. The van der Waals surface area contributed by atoms with Gasteiger partial charge in [0.2, 0.25) is 5.96 Å². The van der Waals surface area contributed by atoms with E-state index in [2.05, 4.69) is 16.5 Å². The Morgan fingerprint density at radius 2 is 1.90 bits per heavy atom. The fraction of sp³-hybridized carbons (Fsp3) is 0.0909. The van der Waals surface area contributed by atoms with Gasteiger partial charge in [-0.2, -0.15) is 10.3 Å². The van der Waals surface area contributed by atoms with E-state index in [0.29, 0.717) is 16.5 Å². The molecule has 0 radical (unpaired) electrons. The van der Waals surface area contributed by atoms with Crippen molar-refractivity contribution in [3.05, 3.63) is 76.5 Å². The molecule has 2 heterocycles. The number of amides is 1. The smallest absolute Gasteiger partial charge is 0.298 e. The van der Waals surface area contributed by atoms with Gasteiger partial charge in [-0.25, -0.2) is 4.99 Å². The number of para-hydroxylation sites is 1. The van der Waals surface area contributed by atoms with Crippen molar-refractivity contribution in [3.63, 3.8) is 0 Å². The van der Waals surface area contributed by atoms with E-state index >= 15 is 0 Å². The molecule has 0 bridgehead atoms. The molecule has 0 saturated heterocycles. The van der Waals surface area contributed by atoms with E-state index < -0.39 is 0 Å². The predicted octanol–water partition coefficient (Wildman–Crippen LogP) is 3.33. The van der Waals surface area contributed by atoms with Crippen LogP contribution in [0.15, 0.2) is 75.9 Å². The first-order valence-corrected chi connectivity index (χ1v) is 10.5. The third kappa shape index (κ3) is 3.65. The standard InChI is InChI=1S/C22H18N6O2S/c1-30-16-10-8-14(9-11-16)12-18-21(29)28-22(25-18)27(15-6-4-3-5-7-15)19(24)17(13-23)20(26-28)31-2/h3-12,24,26H,1-2H3/b18-12-,24-19?. The summed E-state index contributed by atoms with van der Waals surface area (Å²) in [6.07, 6.45) is 3.45. The maximum absolute atomic E-state index is 13.2. The molecule has 8 nitrogen and oxygen atoms in total. The zero-order valence-electron chi connectivity index (χ0n) is 16.8. The lowest BCUT2D eigenvalue weighted by atomic mass is 10.2. The highest BCUT2D eigenvalue weighted by molar-refractivity contribution is 8.02. The maximum Gasteiger partial charge on any atom is 0.298 e. The summed E-state index contributed by atoms with van der Waals surface area (Å²) in [4.78, 5) is 19.2. The molecule has 0 fully saturated rings. The second kappa shape index (κ2) is 8.38. The lowest BCUT2D eigenvalue weighted by molar-refractivity contribution is -0.124. The third-order valence-corrected chi connectivity index (χ3v) is 5.40. The number of thioether (sulfide) groups is 1. The van der Waals surface area contributed by atoms with E-state index in [1.54, 1.807) is 43.7 Å². The minimum atomic E-state index is -0.384. The van der Waals surface area contributed by atoms with E-state index in [-0.39, 0.29) is 29.0 Å².